The number of benzene rings is 1. The van der Waals surface area contributed by atoms with E-state index < -0.39 is 22.6 Å². The van der Waals surface area contributed by atoms with E-state index in [0.29, 0.717) is 5.56 Å². The second kappa shape index (κ2) is 7.57. The number of esters is 1. The van der Waals surface area contributed by atoms with Gasteiger partial charge in [0.2, 0.25) is 0 Å². The zero-order valence-electron chi connectivity index (χ0n) is 13.6. The van der Waals surface area contributed by atoms with E-state index in [-0.39, 0.29) is 18.8 Å². The van der Waals surface area contributed by atoms with Crippen LogP contribution in [-0.4, -0.2) is 41.1 Å². The Bertz CT molecular complexity index is 594. The predicted molar refractivity (Wildman–Crippen MR) is 81.8 cm³/mol. The number of carbonyl (C=O) groups is 2. The summed E-state index contributed by atoms with van der Waals surface area (Å²) in [7, 11) is 1.20. The van der Waals surface area contributed by atoms with Crippen LogP contribution in [0.25, 0.3) is 0 Å². The number of amides is 1. The van der Waals surface area contributed by atoms with Crippen LogP contribution >= 0.6 is 0 Å². The second-order valence-electron chi connectivity index (χ2n) is 5.80. The fourth-order valence-electron chi connectivity index (χ4n) is 1.76. The van der Waals surface area contributed by atoms with Crippen LogP contribution < -0.4 is 0 Å². The maximum Gasteiger partial charge on any atom is 0.411 e. The summed E-state index contributed by atoms with van der Waals surface area (Å²) in [5, 5.41) is 11.1. The molecule has 126 valence electrons. The van der Waals surface area contributed by atoms with Crippen molar-refractivity contribution < 1.29 is 24.0 Å². The first-order valence-corrected chi connectivity index (χ1v) is 6.91. The molecule has 23 heavy (non-hydrogen) atoms. The zero-order chi connectivity index (χ0) is 17.6. The lowest BCUT2D eigenvalue weighted by Gasteiger charge is -2.26. The average Bonchev–Trinajstić information content (AvgIpc) is 2.44. The summed E-state index contributed by atoms with van der Waals surface area (Å²) in [4.78, 5) is 35.3. The average molecular weight is 324 g/mol. The van der Waals surface area contributed by atoms with Gasteiger partial charge in [0.25, 0.3) is 5.69 Å². The number of methoxy groups -OCH3 is 1. The van der Waals surface area contributed by atoms with Gasteiger partial charge in [0.15, 0.2) is 0 Å². The Morgan fingerprint density at radius 2 is 1.87 bits per heavy atom. The van der Waals surface area contributed by atoms with E-state index >= 15 is 0 Å². The van der Waals surface area contributed by atoms with Gasteiger partial charge in [0.1, 0.15) is 12.1 Å². The third-order valence-electron chi connectivity index (χ3n) is 2.75. The van der Waals surface area contributed by atoms with E-state index in [2.05, 4.69) is 4.74 Å². The lowest BCUT2D eigenvalue weighted by molar-refractivity contribution is -0.385. The monoisotopic (exact) mass is 324 g/mol. The van der Waals surface area contributed by atoms with Crippen LogP contribution in [-0.2, 0) is 20.8 Å². The van der Waals surface area contributed by atoms with Crippen LogP contribution in [0.5, 0.6) is 0 Å². The number of rotatable bonds is 5. The topological polar surface area (TPSA) is 99.0 Å². The molecule has 0 aliphatic heterocycles. The molecule has 0 atom stereocenters. The minimum absolute atomic E-state index is 0.133. The number of nitrogens with zero attached hydrogens (tertiary/aromatic N) is 2. The molecule has 8 heteroatoms. The summed E-state index contributed by atoms with van der Waals surface area (Å²) in [6.45, 7) is 4.56. The highest BCUT2D eigenvalue weighted by Crippen LogP contribution is 2.20. The van der Waals surface area contributed by atoms with E-state index in [4.69, 9.17) is 4.74 Å². The molecule has 0 spiro atoms. The Hall–Kier alpha value is -2.64. The number of para-hydroxylation sites is 1. The first-order chi connectivity index (χ1) is 10.6. The van der Waals surface area contributed by atoms with Crippen molar-refractivity contribution >= 4 is 17.7 Å². The number of ether oxygens (including phenoxy) is 2. The van der Waals surface area contributed by atoms with Gasteiger partial charge in [-0.15, -0.1) is 0 Å². The number of hydrogen-bond acceptors (Lipinski definition) is 6. The van der Waals surface area contributed by atoms with E-state index in [0.717, 1.165) is 4.90 Å². The van der Waals surface area contributed by atoms with Gasteiger partial charge in [0, 0.05) is 11.6 Å². The first kappa shape index (κ1) is 18.4. The highest BCUT2D eigenvalue weighted by atomic mass is 16.6. The molecule has 0 saturated carbocycles. The SMILES string of the molecule is COC(=O)CN(Cc1ccccc1[N+](=O)[O-])C(=O)OC(C)(C)C. The molecular formula is C15H20N2O6. The number of nitro groups is 1. The zero-order valence-corrected chi connectivity index (χ0v) is 13.6. The molecule has 1 aromatic carbocycles. The van der Waals surface area contributed by atoms with E-state index in [1.165, 1.54) is 25.3 Å². The Balaban J connectivity index is 3.04. The molecule has 1 amide bonds. The van der Waals surface area contributed by atoms with Gasteiger partial charge in [-0.2, -0.15) is 0 Å². The maximum atomic E-state index is 12.2. The highest BCUT2D eigenvalue weighted by Gasteiger charge is 2.26. The van der Waals surface area contributed by atoms with Crippen molar-refractivity contribution in [3.8, 4) is 0 Å². The quantitative estimate of drug-likeness (QED) is 0.469. The summed E-state index contributed by atoms with van der Waals surface area (Å²) in [6, 6.07) is 6.00. The summed E-state index contributed by atoms with van der Waals surface area (Å²) >= 11 is 0. The van der Waals surface area contributed by atoms with Crippen molar-refractivity contribution in [3.05, 3.63) is 39.9 Å². The fourth-order valence-corrected chi connectivity index (χ4v) is 1.76. The molecule has 0 radical (unpaired) electrons. The molecule has 0 aromatic heterocycles. The molecule has 0 fully saturated rings. The minimum atomic E-state index is -0.756. The van der Waals surface area contributed by atoms with Crippen molar-refractivity contribution in [2.75, 3.05) is 13.7 Å². The minimum Gasteiger partial charge on any atom is -0.468 e. The van der Waals surface area contributed by atoms with Gasteiger partial charge in [0.05, 0.1) is 18.6 Å². The van der Waals surface area contributed by atoms with Crippen LogP contribution in [0, 0.1) is 10.1 Å². The van der Waals surface area contributed by atoms with E-state index in [1.54, 1.807) is 26.8 Å². The Kier molecular flexibility index (Phi) is 6.06. The van der Waals surface area contributed by atoms with Crippen LogP contribution in [0.2, 0.25) is 0 Å². The molecule has 0 saturated heterocycles. The van der Waals surface area contributed by atoms with Gasteiger partial charge in [-0.05, 0) is 20.8 Å². The molecule has 8 nitrogen and oxygen atoms in total. The highest BCUT2D eigenvalue weighted by molar-refractivity contribution is 5.78. The Morgan fingerprint density at radius 1 is 1.26 bits per heavy atom. The van der Waals surface area contributed by atoms with Crippen LogP contribution in [0.1, 0.15) is 26.3 Å². The smallest absolute Gasteiger partial charge is 0.411 e. The predicted octanol–water partition coefficient (Wildman–Crippen LogP) is 2.50. The molecule has 0 N–H and O–H groups in total. The van der Waals surface area contributed by atoms with Gasteiger partial charge >= 0.3 is 12.1 Å². The number of hydrogen-bond donors (Lipinski definition) is 0. The van der Waals surface area contributed by atoms with Crippen molar-refractivity contribution in [2.24, 2.45) is 0 Å². The molecule has 0 aliphatic rings. The second-order valence-corrected chi connectivity index (χ2v) is 5.80. The normalized spacial score (nSPS) is 10.8. The molecular weight excluding hydrogens is 304 g/mol. The lowest BCUT2D eigenvalue weighted by atomic mass is 10.1. The summed E-state index contributed by atoms with van der Waals surface area (Å²) in [5.41, 5.74) is -0.591. The van der Waals surface area contributed by atoms with E-state index in [1.807, 2.05) is 0 Å². The van der Waals surface area contributed by atoms with Crippen LogP contribution in [0.4, 0.5) is 10.5 Å². The first-order valence-electron chi connectivity index (χ1n) is 6.91. The van der Waals surface area contributed by atoms with Gasteiger partial charge < -0.3 is 9.47 Å². The Morgan fingerprint density at radius 3 is 2.39 bits per heavy atom. The van der Waals surface area contributed by atoms with Gasteiger partial charge in [-0.25, -0.2) is 4.79 Å². The van der Waals surface area contributed by atoms with Crippen LogP contribution in [0.15, 0.2) is 24.3 Å². The standard InChI is InChI=1S/C15H20N2O6/c1-15(2,3)23-14(19)16(10-13(18)22-4)9-11-7-5-6-8-12(11)17(20)21/h5-8H,9-10H2,1-4H3. The van der Waals surface area contributed by atoms with E-state index in [9.17, 15) is 19.7 Å². The van der Waals surface area contributed by atoms with Gasteiger partial charge in [-0.3, -0.25) is 19.8 Å². The maximum absolute atomic E-state index is 12.2. The third-order valence-corrected chi connectivity index (χ3v) is 2.75. The third kappa shape index (κ3) is 5.93. The largest absolute Gasteiger partial charge is 0.468 e. The van der Waals surface area contributed by atoms with Crippen LogP contribution in [0.3, 0.4) is 0 Å². The van der Waals surface area contributed by atoms with Gasteiger partial charge in [-0.1, -0.05) is 18.2 Å². The summed E-state index contributed by atoms with van der Waals surface area (Å²) < 4.78 is 9.78. The summed E-state index contributed by atoms with van der Waals surface area (Å²) in [6.07, 6.45) is -0.749. The summed E-state index contributed by atoms with van der Waals surface area (Å²) in [5.74, 6) is -0.644. The number of nitro benzene ring substituents is 1. The van der Waals surface area contributed by atoms with Crippen molar-refractivity contribution in [1.82, 2.24) is 4.90 Å². The molecule has 1 aromatic rings. The molecule has 0 unspecified atom stereocenters. The molecule has 0 aliphatic carbocycles. The Labute approximate surface area is 134 Å². The molecule has 0 heterocycles. The number of carbonyl (C=O) groups excluding carboxylic acids is 2. The van der Waals surface area contributed by atoms with Crippen molar-refractivity contribution in [2.45, 2.75) is 32.9 Å². The van der Waals surface area contributed by atoms with Crippen molar-refractivity contribution in [1.29, 1.82) is 0 Å². The molecule has 0 bridgehead atoms. The lowest BCUT2D eigenvalue weighted by Crippen LogP contribution is -2.39. The fraction of sp³-hybridized carbons (Fsp3) is 0.467. The van der Waals surface area contributed by atoms with Crippen molar-refractivity contribution in [3.63, 3.8) is 0 Å². The molecule has 1 rings (SSSR count).